The quantitative estimate of drug-likeness (QED) is 0.784. The molecule has 1 N–H and O–H groups in total. The minimum Gasteiger partial charge on any atom is -0.481 e. The van der Waals surface area contributed by atoms with E-state index in [1.807, 2.05) is 38.1 Å². The molecule has 0 aliphatic heterocycles. The van der Waals surface area contributed by atoms with Crippen LogP contribution in [0, 0.1) is 18.8 Å². The Bertz CT molecular complexity index is 570. The zero-order chi connectivity index (χ0) is 14.8. The fraction of sp³-hybridized carbons (Fsp3) is 0.467. The van der Waals surface area contributed by atoms with Gasteiger partial charge in [-0.2, -0.15) is 0 Å². The van der Waals surface area contributed by atoms with E-state index in [0.717, 1.165) is 17.7 Å². The van der Waals surface area contributed by atoms with Crippen LogP contribution in [-0.2, 0) is 10.0 Å². The van der Waals surface area contributed by atoms with Gasteiger partial charge < -0.3 is 4.74 Å². The van der Waals surface area contributed by atoms with Gasteiger partial charge in [-0.25, -0.2) is 13.1 Å². The smallest absolute Gasteiger partial charge is 0.212 e. The average molecular weight is 295 g/mol. The molecular formula is C15H21NO3S. The molecule has 0 saturated carbocycles. The largest absolute Gasteiger partial charge is 0.481 e. The van der Waals surface area contributed by atoms with Gasteiger partial charge in [0, 0.05) is 0 Å². The Hall–Kier alpha value is -1.51. The van der Waals surface area contributed by atoms with Crippen molar-refractivity contribution >= 4 is 10.0 Å². The van der Waals surface area contributed by atoms with Crippen LogP contribution in [0.5, 0.6) is 5.75 Å². The van der Waals surface area contributed by atoms with Crippen LogP contribution >= 0.6 is 0 Å². The summed E-state index contributed by atoms with van der Waals surface area (Å²) in [5, 5.41) is 0. The second kappa shape index (κ2) is 8.62. The van der Waals surface area contributed by atoms with Gasteiger partial charge in [0.05, 0.1) is 12.3 Å². The van der Waals surface area contributed by atoms with E-state index in [1.165, 1.54) is 0 Å². The van der Waals surface area contributed by atoms with Crippen molar-refractivity contribution in [3.63, 3.8) is 0 Å². The van der Waals surface area contributed by atoms with E-state index in [0.29, 0.717) is 6.42 Å². The summed E-state index contributed by atoms with van der Waals surface area (Å²) in [6.07, 6.45) is 1.52. The number of sulfonamides is 1. The zero-order valence-electron chi connectivity index (χ0n) is 12.0. The van der Waals surface area contributed by atoms with Gasteiger partial charge >= 0.3 is 0 Å². The summed E-state index contributed by atoms with van der Waals surface area (Å²) in [5.41, 5.74) is 1.05. The highest BCUT2D eigenvalue weighted by molar-refractivity contribution is 7.89. The number of aryl methyl sites for hydroxylation is 1. The van der Waals surface area contributed by atoms with Crippen molar-refractivity contribution in [2.75, 3.05) is 18.9 Å². The third-order valence-corrected chi connectivity index (χ3v) is 4.08. The molecule has 110 valence electrons. The molecular weight excluding hydrogens is 274 g/mol. The Balaban J connectivity index is 2.29. The van der Waals surface area contributed by atoms with Gasteiger partial charge in [0.25, 0.3) is 0 Å². The molecule has 0 spiro atoms. The number of unbranched alkanes of at least 4 members (excludes halogenated alkanes) is 1. The van der Waals surface area contributed by atoms with E-state index >= 15 is 0 Å². The molecule has 1 aromatic carbocycles. The molecule has 0 aliphatic carbocycles. The minimum atomic E-state index is -3.18. The molecule has 0 bridgehead atoms. The molecule has 20 heavy (non-hydrogen) atoms. The van der Waals surface area contributed by atoms with E-state index in [-0.39, 0.29) is 18.9 Å². The van der Waals surface area contributed by atoms with Crippen molar-refractivity contribution < 1.29 is 13.2 Å². The number of hydrogen-bond acceptors (Lipinski definition) is 3. The van der Waals surface area contributed by atoms with E-state index in [9.17, 15) is 8.42 Å². The highest BCUT2D eigenvalue weighted by Crippen LogP contribution is 2.15. The van der Waals surface area contributed by atoms with E-state index in [4.69, 9.17) is 4.74 Å². The lowest BCUT2D eigenvalue weighted by Crippen LogP contribution is -2.26. The maximum Gasteiger partial charge on any atom is 0.212 e. The number of benzene rings is 1. The fourth-order valence-corrected chi connectivity index (χ4v) is 2.60. The Kier molecular flexibility index (Phi) is 7.13. The van der Waals surface area contributed by atoms with Crippen LogP contribution in [0.4, 0.5) is 0 Å². The van der Waals surface area contributed by atoms with Crippen LogP contribution in [-0.4, -0.2) is 27.3 Å². The number of nitrogens with one attached hydrogen (secondary N) is 1. The number of para-hydroxylation sites is 1. The van der Waals surface area contributed by atoms with Crippen molar-refractivity contribution in [3.8, 4) is 17.6 Å². The Labute approximate surface area is 121 Å². The summed E-state index contributed by atoms with van der Waals surface area (Å²) in [4.78, 5) is 0. The van der Waals surface area contributed by atoms with E-state index < -0.39 is 10.0 Å². The van der Waals surface area contributed by atoms with E-state index in [2.05, 4.69) is 16.6 Å². The van der Waals surface area contributed by atoms with Crippen molar-refractivity contribution in [1.82, 2.24) is 4.72 Å². The predicted octanol–water partition coefficient (Wildman–Crippen LogP) is 2.10. The SMILES string of the molecule is CCCCS(=O)(=O)NCC#CCOc1ccccc1C. The average Bonchev–Trinajstić information content (AvgIpc) is 2.42. The van der Waals surface area contributed by atoms with Crippen LogP contribution in [0.1, 0.15) is 25.3 Å². The molecule has 0 aromatic heterocycles. The standard InChI is InChI=1S/C15H21NO3S/c1-3-4-13-20(17,18)16-11-7-8-12-19-15-10-6-5-9-14(15)2/h5-6,9-10,16H,3-4,11-13H2,1-2H3. The number of ether oxygens (including phenoxy) is 1. The van der Waals surface area contributed by atoms with Gasteiger partial charge in [-0.05, 0) is 25.0 Å². The summed E-state index contributed by atoms with van der Waals surface area (Å²) < 4.78 is 30.9. The van der Waals surface area contributed by atoms with Crippen molar-refractivity contribution in [2.45, 2.75) is 26.7 Å². The van der Waals surface area contributed by atoms with Gasteiger partial charge in [0.2, 0.25) is 10.0 Å². The first-order chi connectivity index (χ1) is 9.55. The van der Waals surface area contributed by atoms with Gasteiger partial charge in [0.15, 0.2) is 0 Å². The molecule has 5 heteroatoms. The van der Waals surface area contributed by atoms with Gasteiger partial charge in [-0.1, -0.05) is 43.4 Å². The molecule has 0 radical (unpaired) electrons. The van der Waals surface area contributed by atoms with Crippen LogP contribution < -0.4 is 9.46 Å². The van der Waals surface area contributed by atoms with Crippen LogP contribution in [0.3, 0.4) is 0 Å². The normalized spacial score (nSPS) is 10.7. The Morgan fingerprint density at radius 1 is 1.25 bits per heavy atom. The molecule has 4 nitrogen and oxygen atoms in total. The minimum absolute atomic E-state index is 0.128. The van der Waals surface area contributed by atoms with Gasteiger partial charge in [0.1, 0.15) is 12.4 Å². The molecule has 0 saturated heterocycles. The maximum absolute atomic E-state index is 11.5. The summed E-state index contributed by atoms with van der Waals surface area (Å²) in [6, 6.07) is 7.69. The van der Waals surface area contributed by atoms with E-state index in [1.54, 1.807) is 0 Å². The Morgan fingerprint density at radius 2 is 2.00 bits per heavy atom. The first-order valence-electron chi connectivity index (χ1n) is 6.66. The first kappa shape index (κ1) is 16.5. The van der Waals surface area contributed by atoms with Crippen LogP contribution in [0.2, 0.25) is 0 Å². The molecule has 1 rings (SSSR count). The molecule has 0 heterocycles. The van der Waals surface area contributed by atoms with Crippen LogP contribution in [0.25, 0.3) is 0 Å². The summed E-state index contributed by atoms with van der Waals surface area (Å²) in [6.45, 7) is 4.30. The molecule has 0 fully saturated rings. The summed E-state index contributed by atoms with van der Waals surface area (Å²) in [7, 11) is -3.18. The summed E-state index contributed by atoms with van der Waals surface area (Å²) >= 11 is 0. The number of hydrogen-bond donors (Lipinski definition) is 1. The first-order valence-corrected chi connectivity index (χ1v) is 8.32. The highest BCUT2D eigenvalue weighted by Gasteiger charge is 2.06. The Morgan fingerprint density at radius 3 is 2.70 bits per heavy atom. The lowest BCUT2D eigenvalue weighted by molar-refractivity contribution is 0.367. The predicted molar refractivity (Wildman–Crippen MR) is 81.1 cm³/mol. The molecule has 1 aromatic rings. The maximum atomic E-state index is 11.5. The second-order valence-corrected chi connectivity index (χ2v) is 6.33. The lowest BCUT2D eigenvalue weighted by atomic mass is 10.2. The van der Waals surface area contributed by atoms with Gasteiger partial charge in [-0.15, -0.1) is 0 Å². The van der Waals surface area contributed by atoms with Gasteiger partial charge in [-0.3, -0.25) is 0 Å². The summed E-state index contributed by atoms with van der Waals surface area (Å²) in [5.74, 6) is 6.49. The number of rotatable bonds is 7. The topological polar surface area (TPSA) is 55.4 Å². The molecule has 0 unspecified atom stereocenters. The molecule has 0 amide bonds. The third kappa shape index (κ3) is 6.60. The zero-order valence-corrected chi connectivity index (χ0v) is 12.8. The van der Waals surface area contributed by atoms with Crippen molar-refractivity contribution in [1.29, 1.82) is 0 Å². The highest BCUT2D eigenvalue weighted by atomic mass is 32.2. The second-order valence-electron chi connectivity index (χ2n) is 4.40. The monoisotopic (exact) mass is 295 g/mol. The molecule has 0 aliphatic rings. The van der Waals surface area contributed by atoms with Crippen LogP contribution in [0.15, 0.2) is 24.3 Å². The lowest BCUT2D eigenvalue weighted by Gasteiger charge is -2.04. The van der Waals surface area contributed by atoms with Crippen molar-refractivity contribution in [3.05, 3.63) is 29.8 Å². The fourth-order valence-electron chi connectivity index (χ4n) is 1.50. The molecule has 0 atom stereocenters. The van der Waals surface area contributed by atoms with Crippen molar-refractivity contribution in [2.24, 2.45) is 0 Å². The third-order valence-electron chi connectivity index (χ3n) is 2.67.